The van der Waals surface area contributed by atoms with Gasteiger partial charge in [-0.15, -0.1) is 6.58 Å². The Kier molecular flexibility index (Phi) is 4.75. The van der Waals surface area contributed by atoms with Crippen LogP contribution in [0, 0.1) is 0 Å². The van der Waals surface area contributed by atoms with Gasteiger partial charge in [-0.2, -0.15) is 0 Å². The number of rotatable bonds is 4. The first-order valence-electron chi connectivity index (χ1n) is 7.58. The molecule has 0 saturated carbocycles. The van der Waals surface area contributed by atoms with Gasteiger partial charge < -0.3 is 13.9 Å². The largest absolute Gasteiger partial charge is 0.472 e. The van der Waals surface area contributed by atoms with Gasteiger partial charge in [0.05, 0.1) is 32.3 Å². The van der Waals surface area contributed by atoms with Crippen LogP contribution in [0.2, 0.25) is 0 Å². The average molecular weight is 292 g/mol. The van der Waals surface area contributed by atoms with E-state index in [1.165, 1.54) is 5.56 Å². The van der Waals surface area contributed by atoms with Gasteiger partial charge in [0.15, 0.2) is 0 Å². The normalized spacial score (nSPS) is 28.6. The van der Waals surface area contributed by atoms with Gasteiger partial charge in [0.25, 0.3) is 0 Å². The van der Waals surface area contributed by atoms with Crippen molar-refractivity contribution in [1.82, 2.24) is 9.80 Å². The first-order chi connectivity index (χ1) is 10.3. The summed E-state index contributed by atoms with van der Waals surface area (Å²) in [7, 11) is 0. The summed E-state index contributed by atoms with van der Waals surface area (Å²) < 4.78 is 17.1. The van der Waals surface area contributed by atoms with E-state index in [-0.39, 0.29) is 5.60 Å². The van der Waals surface area contributed by atoms with Crippen LogP contribution in [-0.2, 0) is 16.0 Å². The number of ether oxygens (including phenoxy) is 2. The molecule has 2 fully saturated rings. The zero-order valence-corrected chi connectivity index (χ0v) is 12.5. The van der Waals surface area contributed by atoms with Crippen molar-refractivity contribution in [3.8, 4) is 0 Å². The molecule has 0 aliphatic carbocycles. The molecule has 1 atom stereocenters. The molecule has 0 unspecified atom stereocenters. The second-order valence-corrected chi connectivity index (χ2v) is 5.95. The Morgan fingerprint density at radius 2 is 2.10 bits per heavy atom. The van der Waals surface area contributed by atoms with Crippen LogP contribution in [0.5, 0.6) is 0 Å². The van der Waals surface area contributed by atoms with Crippen LogP contribution >= 0.6 is 0 Å². The minimum atomic E-state index is -0.221. The van der Waals surface area contributed by atoms with Gasteiger partial charge in [0.1, 0.15) is 5.60 Å². The molecular formula is C16H24N2O3. The molecule has 3 heterocycles. The predicted octanol–water partition coefficient (Wildman–Crippen LogP) is 1.37. The quantitative estimate of drug-likeness (QED) is 0.784. The fraction of sp³-hybridized carbons (Fsp3) is 0.625. The third-order valence-corrected chi connectivity index (χ3v) is 4.13. The number of furan rings is 1. The maximum Gasteiger partial charge on any atom is 0.117 e. The van der Waals surface area contributed by atoms with Crippen molar-refractivity contribution >= 4 is 0 Å². The molecule has 0 N–H and O–H groups in total. The highest BCUT2D eigenvalue weighted by Crippen LogP contribution is 2.23. The van der Waals surface area contributed by atoms with Gasteiger partial charge in [0, 0.05) is 44.8 Å². The molecule has 5 heteroatoms. The van der Waals surface area contributed by atoms with Crippen LogP contribution in [0.4, 0.5) is 0 Å². The smallest absolute Gasteiger partial charge is 0.117 e. The van der Waals surface area contributed by atoms with Crippen LogP contribution in [0.25, 0.3) is 0 Å². The minimum absolute atomic E-state index is 0.221. The Morgan fingerprint density at radius 3 is 2.90 bits per heavy atom. The molecule has 1 spiro atoms. The highest BCUT2D eigenvalue weighted by molar-refractivity contribution is 5.06. The van der Waals surface area contributed by atoms with E-state index >= 15 is 0 Å². The molecule has 0 aromatic carbocycles. The number of hydrogen-bond donors (Lipinski definition) is 0. The van der Waals surface area contributed by atoms with E-state index in [0.717, 1.165) is 52.5 Å². The summed E-state index contributed by atoms with van der Waals surface area (Å²) in [5.41, 5.74) is 0.992. The minimum Gasteiger partial charge on any atom is -0.472 e. The third kappa shape index (κ3) is 3.74. The predicted molar refractivity (Wildman–Crippen MR) is 80.1 cm³/mol. The summed E-state index contributed by atoms with van der Waals surface area (Å²) >= 11 is 0. The Morgan fingerprint density at radius 1 is 1.24 bits per heavy atom. The van der Waals surface area contributed by atoms with Gasteiger partial charge in [0.2, 0.25) is 0 Å². The molecule has 0 bridgehead atoms. The standard InChI is InChI=1S/C16H24N2O3/c1-2-4-17-5-8-20-14-16(12-17)13-18(6-9-21-16)10-15-3-7-19-11-15/h2-3,7,11H,1,4-6,8-10,12-14H2/t16-/m0/s1. The first kappa shape index (κ1) is 14.8. The van der Waals surface area contributed by atoms with Crippen molar-refractivity contribution in [3.63, 3.8) is 0 Å². The van der Waals surface area contributed by atoms with E-state index in [2.05, 4.69) is 16.4 Å². The summed E-state index contributed by atoms with van der Waals surface area (Å²) in [5, 5.41) is 0. The van der Waals surface area contributed by atoms with Crippen molar-refractivity contribution in [2.45, 2.75) is 12.1 Å². The summed E-state index contributed by atoms with van der Waals surface area (Å²) in [5.74, 6) is 0. The van der Waals surface area contributed by atoms with Crippen molar-refractivity contribution in [2.24, 2.45) is 0 Å². The van der Waals surface area contributed by atoms with Crippen molar-refractivity contribution < 1.29 is 13.9 Å². The molecule has 21 heavy (non-hydrogen) atoms. The molecule has 2 saturated heterocycles. The number of hydrogen-bond acceptors (Lipinski definition) is 5. The third-order valence-electron chi connectivity index (χ3n) is 4.13. The summed E-state index contributed by atoms with van der Waals surface area (Å²) in [6, 6.07) is 2.02. The van der Waals surface area contributed by atoms with E-state index < -0.39 is 0 Å². The topological polar surface area (TPSA) is 38.1 Å². The zero-order chi connectivity index (χ0) is 14.5. The van der Waals surface area contributed by atoms with Crippen molar-refractivity contribution in [1.29, 1.82) is 0 Å². The maximum atomic E-state index is 6.15. The Bertz CT molecular complexity index is 448. The van der Waals surface area contributed by atoms with E-state index in [4.69, 9.17) is 13.9 Å². The maximum absolute atomic E-state index is 6.15. The van der Waals surface area contributed by atoms with Crippen molar-refractivity contribution in [3.05, 3.63) is 36.8 Å². The highest BCUT2D eigenvalue weighted by Gasteiger charge is 2.39. The monoisotopic (exact) mass is 292 g/mol. The fourth-order valence-electron chi connectivity index (χ4n) is 3.20. The summed E-state index contributed by atoms with van der Waals surface area (Å²) in [4.78, 5) is 4.79. The lowest BCUT2D eigenvalue weighted by Gasteiger charge is -2.43. The molecule has 0 radical (unpaired) electrons. The van der Waals surface area contributed by atoms with Crippen LogP contribution in [0.15, 0.2) is 35.7 Å². The fourth-order valence-corrected chi connectivity index (χ4v) is 3.20. The van der Waals surface area contributed by atoms with Gasteiger partial charge in [-0.05, 0) is 6.07 Å². The van der Waals surface area contributed by atoms with Crippen LogP contribution < -0.4 is 0 Å². The second kappa shape index (κ2) is 6.75. The van der Waals surface area contributed by atoms with E-state index in [1.54, 1.807) is 6.26 Å². The molecule has 1 aromatic rings. The first-order valence-corrected chi connectivity index (χ1v) is 7.58. The van der Waals surface area contributed by atoms with Gasteiger partial charge in [-0.25, -0.2) is 0 Å². The van der Waals surface area contributed by atoms with E-state index in [0.29, 0.717) is 6.61 Å². The number of nitrogens with zero attached hydrogens (tertiary/aromatic N) is 2. The summed E-state index contributed by atoms with van der Waals surface area (Å²) in [6.45, 7) is 11.5. The Labute approximate surface area is 126 Å². The molecule has 2 aliphatic rings. The van der Waals surface area contributed by atoms with Crippen LogP contribution in [0.1, 0.15) is 5.56 Å². The number of morpholine rings is 1. The van der Waals surface area contributed by atoms with Crippen LogP contribution in [0.3, 0.4) is 0 Å². The van der Waals surface area contributed by atoms with E-state index in [9.17, 15) is 0 Å². The molecule has 3 rings (SSSR count). The van der Waals surface area contributed by atoms with Gasteiger partial charge >= 0.3 is 0 Å². The van der Waals surface area contributed by atoms with Gasteiger partial charge in [-0.1, -0.05) is 6.08 Å². The average Bonchev–Trinajstić information content (AvgIpc) is 2.90. The molecule has 2 aliphatic heterocycles. The molecular weight excluding hydrogens is 268 g/mol. The second-order valence-electron chi connectivity index (χ2n) is 5.95. The zero-order valence-electron chi connectivity index (χ0n) is 12.5. The molecule has 0 amide bonds. The van der Waals surface area contributed by atoms with E-state index in [1.807, 2.05) is 18.4 Å². The Balaban J connectivity index is 1.66. The molecule has 116 valence electrons. The SMILES string of the molecule is C=CCN1CCOC[C@]2(C1)CN(Cc1ccoc1)CCO2. The van der Waals surface area contributed by atoms with Crippen LogP contribution in [-0.4, -0.2) is 67.9 Å². The highest BCUT2D eigenvalue weighted by atomic mass is 16.5. The molecule has 5 nitrogen and oxygen atoms in total. The lowest BCUT2D eigenvalue weighted by Crippen LogP contribution is -2.58. The van der Waals surface area contributed by atoms with Crippen molar-refractivity contribution in [2.75, 3.05) is 52.5 Å². The summed E-state index contributed by atoms with van der Waals surface area (Å²) in [6.07, 6.45) is 5.49. The molecule has 1 aromatic heterocycles. The lowest BCUT2D eigenvalue weighted by molar-refractivity contribution is -0.142. The lowest BCUT2D eigenvalue weighted by atomic mass is 10.0. The van der Waals surface area contributed by atoms with Gasteiger partial charge in [-0.3, -0.25) is 9.80 Å². The Hall–Kier alpha value is -1.14.